The normalized spacial score (nSPS) is 15.0. The van der Waals surface area contributed by atoms with Crippen molar-refractivity contribution in [2.24, 2.45) is 4.99 Å². The van der Waals surface area contributed by atoms with Crippen molar-refractivity contribution in [1.82, 2.24) is 10.6 Å². The monoisotopic (exact) mass is 425 g/mol. The molecule has 0 spiro atoms. The first-order valence-electron chi connectivity index (χ1n) is 7.94. The quantitative estimate of drug-likeness (QED) is 0.335. The molecule has 124 valence electrons. The van der Waals surface area contributed by atoms with Gasteiger partial charge in [0.25, 0.3) is 0 Å². The van der Waals surface area contributed by atoms with Gasteiger partial charge < -0.3 is 15.1 Å². The highest BCUT2D eigenvalue weighted by molar-refractivity contribution is 14.0. The van der Waals surface area contributed by atoms with Crippen LogP contribution in [0.3, 0.4) is 0 Å². The Kier molecular flexibility index (Phi) is 6.50. The summed E-state index contributed by atoms with van der Waals surface area (Å²) in [6, 6.07) is 8.58. The van der Waals surface area contributed by atoms with Gasteiger partial charge in [0.15, 0.2) is 5.96 Å². The van der Waals surface area contributed by atoms with Gasteiger partial charge in [-0.1, -0.05) is 30.4 Å². The second kappa shape index (κ2) is 8.38. The van der Waals surface area contributed by atoms with Gasteiger partial charge in [0.1, 0.15) is 17.9 Å². The Morgan fingerprint density at radius 3 is 2.70 bits per heavy atom. The molecule has 0 radical (unpaired) electrons. The number of halogens is 1. The van der Waals surface area contributed by atoms with E-state index in [0.29, 0.717) is 12.6 Å². The molecule has 2 aromatic rings. The van der Waals surface area contributed by atoms with E-state index in [2.05, 4.69) is 47.7 Å². The third-order valence-electron chi connectivity index (χ3n) is 4.02. The van der Waals surface area contributed by atoms with E-state index in [9.17, 15) is 0 Å². The molecule has 0 atom stereocenters. The molecule has 3 rings (SSSR count). The number of rotatable bonds is 4. The molecule has 5 heteroatoms. The predicted molar refractivity (Wildman–Crippen MR) is 106 cm³/mol. The van der Waals surface area contributed by atoms with Gasteiger partial charge in [-0.15, -0.1) is 24.0 Å². The van der Waals surface area contributed by atoms with E-state index in [4.69, 9.17) is 4.42 Å². The second-order valence-electron chi connectivity index (χ2n) is 5.63. The van der Waals surface area contributed by atoms with Crippen molar-refractivity contribution in [3.05, 3.63) is 47.7 Å². The first kappa shape index (κ1) is 17.8. The van der Waals surface area contributed by atoms with Crippen molar-refractivity contribution in [1.29, 1.82) is 0 Å². The smallest absolute Gasteiger partial charge is 0.191 e. The summed E-state index contributed by atoms with van der Waals surface area (Å²) in [6.45, 7) is 5.58. The zero-order valence-corrected chi connectivity index (χ0v) is 16.0. The molecule has 1 heterocycles. The maximum absolute atomic E-state index is 5.92. The van der Waals surface area contributed by atoms with E-state index >= 15 is 0 Å². The molecule has 2 N–H and O–H groups in total. The fourth-order valence-corrected chi connectivity index (χ4v) is 2.78. The number of hydrogen-bond acceptors (Lipinski definition) is 2. The van der Waals surface area contributed by atoms with Gasteiger partial charge in [0, 0.05) is 23.5 Å². The summed E-state index contributed by atoms with van der Waals surface area (Å²) in [5, 5.41) is 7.95. The molecular weight excluding hydrogens is 401 g/mol. The van der Waals surface area contributed by atoms with Crippen LogP contribution >= 0.6 is 24.0 Å². The molecule has 1 aromatic carbocycles. The number of aliphatic imine (C=N–C) groups is 1. The largest absolute Gasteiger partial charge is 0.459 e. The van der Waals surface area contributed by atoms with Gasteiger partial charge in [-0.3, -0.25) is 0 Å². The van der Waals surface area contributed by atoms with Crippen molar-refractivity contribution in [3.63, 3.8) is 0 Å². The highest BCUT2D eigenvalue weighted by Gasteiger charge is 2.13. The summed E-state index contributed by atoms with van der Waals surface area (Å²) in [6.07, 6.45) is 6.55. The molecule has 0 saturated carbocycles. The van der Waals surface area contributed by atoms with Gasteiger partial charge >= 0.3 is 0 Å². The maximum atomic E-state index is 5.92. The minimum atomic E-state index is 0. The lowest BCUT2D eigenvalue weighted by atomic mass is 10.1. The number of para-hydroxylation sites is 1. The van der Waals surface area contributed by atoms with E-state index in [1.165, 1.54) is 10.9 Å². The third kappa shape index (κ3) is 4.28. The molecule has 1 aliphatic rings. The van der Waals surface area contributed by atoms with E-state index in [1.807, 2.05) is 18.2 Å². The second-order valence-corrected chi connectivity index (χ2v) is 5.63. The molecular formula is C18H24IN3O. The lowest BCUT2D eigenvalue weighted by Gasteiger charge is -2.16. The van der Waals surface area contributed by atoms with Crippen LogP contribution < -0.4 is 10.6 Å². The van der Waals surface area contributed by atoms with Crippen molar-refractivity contribution in [3.8, 4) is 0 Å². The van der Waals surface area contributed by atoms with E-state index < -0.39 is 0 Å². The molecule has 0 aliphatic heterocycles. The van der Waals surface area contributed by atoms with Crippen LogP contribution in [-0.4, -0.2) is 18.5 Å². The maximum Gasteiger partial charge on any atom is 0.191 e. The number of fused-ring (bicyclic) bond motifs is 1. The molecule has 4 nitrogen and oxygen atoms in total. The molecule has 0 bridgehead atoms. The van der Waals surface area contributed by atoms with Gasteiger partial charge in [-0.25, -0.2) is 4.99 Å². The Morgan fingerprint density at radius 2 is 2.00 bits per heavy atom. The Bertz CT molecular complexity index is 697. The zero-order valence-electron chi connectivity index (χ0n) is 13.6. The predicted octanol–water partition coefficient (Wildman–Crippen LogP) is 4.13. The van der Waals surface area contributed by atoms with Crippen LogP contribution in [0.4, 0.5) is 0 Å². The van der Waals surface area contributed by atoms with Crippen LogP contribution in [0, 0.1) is 6.92 Å². The number of benzene rings is 1. The van der Waals surface area contributed by atoms with Crippen molar-refractivity contribution >= 4 is 40.9 Å². The van der Waals surface area contributed by atoms with E-state index in [1.54, 1.807) is 0 Å². The summed E-state index contributed by atoms with van der Waals surface area (Å²) in [7, 11) is 0. The average Bonchev–Trinajstić information content (AvgIpc) is 3.14. The number of aryl methyl sites for hydroxylation is 1. The van der Waals surface area contributed by atoms with Gasteiger partial charge in [-0.05, 0) is 32.8 Å². The number of nitrogens with zero attached hydrogens (tertiary/aromatic N) is 1. The van der Waals surface area contributed by atoms with Crippen LogP contribution in [0.1, 0.15) is 31.1 Å². The van der Waals surface area contributed by atoms with Crippen LogP contribution in [-0.2, 0) is 6.54 Å². The molecule has 0 amide bonds. The molecule has 1 aromatic heterocycles. The average molecular weight is 425 g/mol. The van der Waals surface area contributed by atoms with Crippen LogP contribution in [0.5, 0.6) is 0 Å². The van der Waals surface area contributed by atoms with Gasteiger partial charge in [0.05, 0.1) is 0 Å². The summed E-state index contributed by atoms with van der Waals surface area (Å²) in [5.41, 5.74) is 2.11. The fourth-order valence-electron chi connectivity index (χ4n) is 2.78. The fraction of sp³-hybridized carbons (Fsp3) is 0.389. The van der Waals surface area contributed by atoms with Crippen LogP contribution in [0.2, 0.25) is 0 Å². The number of hydrogen-bond donors (Lipinski definition) is 2. The van der Waals surface area contributed by atoms with Gasteiger partial charge in [-0.2, -0.15) is 0 Å². The Balaban J connectivity index is 0.00000192. The highest BCUT2D eigenvalue weighted by atomic mass is 127. The van der Waals surface area contributed by atoms with Gasteiger partial charge in [0.2, 0.25) is 0 Å². The van der Waals surface area contributed by atoms with Crippen molar-refractivity contribution < 1.29 is 4.42 Å². The summed E-state index contributed by atoms with van der Waals surface area (Å²) in [5.74, 6) is 1.79. The molecule has 0 unspecified atom stereocenters. The number of guanidine groups is 1. The summed E-state index contributed by atoms with van der Waals surface area (Å²) < 4.78 is 5.92. The van der Waals surface area contributed by atoms with E-state index in [0.717, 1.165) is 36.7 Å². The lowest BCUT2D eigenvalue weighted by molar-refractivity contribution is 0.546. The van der Waals surface area contributed by atoms with Crippen LogP contribution in [0.15, 0.2) is 45.8 Å². The first-order chi connectivity index (χ1) is 10.8. The number of furan rings is 1. The van der Waals surface area contributed by atoms with Crippen molar-refractivity contribution in [2.45, 2.75) is 39.3 Å². The van der Waals surface area contributed by atoms with Crippen molar-refractivity contribution in [2.75, 3.05) is 6.54 Å². The highest BCUT2D eigenvalue weighted by Crippen LogP contribution is 2.25. The Morgan fingerprint density at radius 1 is 1.26 bits per heavy atom. The minimum absolute atomic E-state index is 0. The van der Waals surface area contributed by atoms with Crippen LogP contribution in [0.25, 0.3) is 11.0 Å². The minimum Gasteiger partial charge on any atom is -0.459 e. The molecule has 0 saturated heterocycles. The molecule has 0 fully saturated rings. The Labute approximate surface area is 154 Å². The van der Waals surface area contributed by atoms with E-state index in [-0.39, 0.29) is 24.0 Å². The topological polar surface area (TPSA) is 49.6 Å². The lowest BCUT2D eigenvalue weighted by Crippen LogP contribution is -2.42. The summed E-state index contributed by atoms with van der Waals surface area (Å²) >= 11 is 0. The number of nitrogens with one attached hydrogen (secondary N) is 2. The zero-order chi connectivity index (χ0) is 15.4. The third-order valence-corrected chi connectivity index (χ3v) is 4.02. The Hall–Kier alpha value is -1.50. The molecule has 1 aliphatic carbocycles. The first-order valence-corrected chi connectivity index (χ1v) is 7.94. The SMILES string of the molecule is CCNC(=NCc1oc2ccccc2c1C)NC1CC=CC1.I. The summed E-state index contributed by atoms with van der Waals surface area (Å²) in [4.78, 5) is 4.68. The molecule has 23 heavy (non-hydrogen) atoms. The standard InChI is InChI=1S/C18H23N3O.HI/c1-3-19-18(21-14-8-4-5-9-14)20-12-17-13(2)15-10-6-7-11-16(15)22-17;/h4-7,10-11,14H,3,8-9,12H2,1-2H3,(H2,19,20,21);1H.